The number of carbonyl (C=O) groups excluding carboxylic acids is 1. The van der Waals surface area contributed by atoms with E-state index in [0.29, 0.717) is 18.7 Å². The van der Waals surface area contributed by atoms with Gasteiger partial charge in [0.1, 0.15) is 6.66 Å². The molecule has 3 nitrogen and oxygen atoms in total. The van der Waals surface area contributed by atoms with Crippen LogP contribution >= 0.6 is 7.80 Å². The summed E-state index contributed by atoms with van der Waals surface area (Å²) < 4.78 is 16.0. The van der Waals surface area contributed by atoms with Gasteiger partial charge in [-0.05, 0) is 12.3 Å². The summed E-state index contributed by atoms with van der Waals surface area (Å²) in [5.41, 5.74) is 0. The molecule has 0 spiro atoms. The van der Waals surface area contributed by atoms with E-state index in [2.05, 4.69) is 13.8 Å². The summed E-state index contributed by atoms with van der Waals surface area (Å²) in [7, 11) is -1.22. The maximum absolute atomic E-state index is 11.3. The normalized spacial score (nSPS) is 13.3. The molecule has 0 amide bonds. The van der Waals surface area contributed by atoms with E-state index in [1.807, 2.05) is 0 Å². The number of carbonyl (C=O) groups is 1. The summed E-state index contributed by atoms with van der Waals surface area (Å²) in [6, 6.07) is 0. The van der Waals surface area contributed by atoms with Crippen LogP contribution in [0.15, 0.2) is 0 Å². The maximum atomic E-state index is 11.3. The SMILES string of the molecule is CCCCC(CC)COC(=O)CC[P+](C)=O. The first-order valence-electron chi connectivity index (χ1n) is 6.14. The van der Waals surface area contributed by atoms with Crippen molar-refractivity contribution in [1.29, 1.82) is 0 Å². The minimum atomic E-state index is -1.22. The smallest absolute Gasteiger partial charge is 0.336 e. The summed E-state index contributed by atoms with van der Waals surface area (Å²) in [6.07, 6.45) is 5.28. The van der Waals surface area contributed by atoms with Crippen molar-refractivity contribution in [2.24, 2.45) is 5.92 Å². The molecule has 0 bridgehead atoms. The number of esters is 1. The molecular weight excluding hydrogens is 223 g/mol. The van der Waals surface area contributed by atoms with Gasteiger partial charge in [0.15, 0.2) is 6.16 Å². The summed E-state index contributed by atoms with van der Waals surface area (Å²) in [5, 5.41) is 0. The standard InChI is InChI=1S/C12H24O3P/c1-4-6-7-11(5-2)10-15-12(13)8-9-16(3)14/h11H,4-10H2,1-3H3/q+1. The van der Waals surface area contributed by atoms with E-state index in [-0.39, 0.29) is 12.4 Å². The number of hydrogen-bond acceptors (Lipinski definition) is 3. The molecule has 2 atom stereocenters. The highest BCUT2D eigenvalue weighted by Gasteiger charge is 2.13. The summed E-state index contributed by atoms with van der Waals surface area (Å²) in [5.74, 6) is 0.277. The highest BCUT2D eigenvalue weighted by atomic mass is 31.1. The molecule has 0 saturated heterocycles. The third kappa shape index (κ3) is 8.84. The Balaban J connectivity index is 3.66. The molecule has 0 fully saturated rings. The fraction of sp³-hybridized carbons (Fsp3) is 0.917. The first kappa shape index (κ1) is 15.6. The number of rotatable bonds is 9. The van der Waals surface area contributed by atoms with Gasteiger partial charge in [-0.15, -0.1) is 0 Å². The predicted octanol–water partition coefficient (Wildman–Crippen LogP) is 3.59. The monoisotopic (exact) mass is 247 g/mol. The average Bonchev–Trinajstić information content (AvgIpc) is 2.26. The van der Waals surface area contributed by atoms with Crippen LogP contribution in [0.1, 0.15) is 46.0 Å². The van der Waals surface area contributed by atoms with Gasteiger partial charge in [0.25, 0.3) is 0 Å². The Labute approximate surface area is 99.7 Å². The van der Waals surface area contributed by atoms with Crippen LogP contribution in [0.5, 0.6) is 0 Å². The van der Waals surface area contributed by atoms with Gasteiger partial charge in [0.05, 0.1) is 13.0 Å². The van der Waals surface area contributed by atoms with Crippen molar-refractivity contribution in [3.05, 3.63) is 0 Å². The van der Waals surface area contributed by atoms with Crippen LogP contribution in [0.25, 0.3) is 0 Å². The molecule has 0 aromatic heterocycles. The second-order valence-electron chi connectivity index (χ2n) is 4.20. The Morgan fingerprint density at radius 1 is 1.38 bits per heavy atom. The Morgan fingerprint density at radius 3 is 2.56 bits per heavy atom. The van der Waals surface area contributed by atoms with Gasteiger partial charge >= 0.3 is 13.8 Å². The van der Waals surface area contributed by atoms with E-state index >= 15 is 0 Å². The first-order chi connectivity index (χ1) is 7.60. The lowest BCUT2D eigenvalue weighted by Crippen LogP contribution is -2.14. The number of unbranched alkanes of at least 4 members (excludes halogenated alkanes) is 1. The van der Waals surface area contributed by atoms with E-state index in [0.717, 1.165) is 12.8 Å². The van der Waals surface area contributed by atoms with Gasteiger partial charge in [0.2, 0.25) is 0 Å². The average molecular weight is 247 g/mol. The zero-order valence-electron chi connectivity index (χ0n) is 10.7. The predicted molar refractivity (Wildman–Crippen MR) is 67.3 cm³/mol. The molecule has 16 heavy (non-hydrogen) atoms. The minimum absolute atomic E-state index is 0.208. The van der Waals surface area contributed by atoms with Crippen molar-refractivity contribution in [3.8, 4) is 0 Å². The third-order valence-corrected chi connectivity index (χ3v) is 3.51. The van der Waals surface area contributed by atoms with Crippen molar-refractivity contribution >= 4 is 13.8 Å². The van der Waals surface area contributed by atoms with Gasteiger partial charge in [-0.2, -0.15) is 0 Å². The van der Waals surface area contributed by atoms with Gasteiger partial charge in [-0.25, -0.2) is 0 Å². The Morgan fingerprint density at radius 2 is 2.06 bits per heavy atom. The fourth-order valence-corrected chi connectivity index (χ4v) is 1.93. The lowest BCUT2D eigenvalue weighted by molar-refractivity contribution is -0.144. The van der Waals surface area contributed by atoms with Crippen molar-refractivity contribution in [2.75, 3.05) is 19.4 Å². The lowest BCUT2D eigenvalue weighted by atomic mass is 10.0. The zero-order chi connectivity index (χ0) is 12.4. The second-order valence-corrected chi connectivity index (χ2v) is 5.90. The van der Waals surface area contributed by atoms with E-state index in [9.17, 15) is 9.36 Å². The molecule has 0 heterocycles. The van der Waals surface area contributed by atoms with Crippen LogP contribution < -0.4 is 0 Å². The van der Waals surface area contributed by atoms with Crippen LogP contribution in [0, 0.1) is 5.92 Å². The third-order valence-electron chi connectivity index (χ3n) is 2.65. The van der Waals surface area contributed by atoms with Crippen molar-refractivity contribution in [3.63, 3.8) is 0 Å². The highest BCUT2D eigenvalue weighted by molar-refractivity contribution is 7.43. The molecule has 4 heteroatoms. The Kier molecular flexibility index (Phi) is 9.51. The Bertz CT molecular complexity index is 216. The highest BCUT2D eigenvalue weighted by Crippen LogP contribution is 2.16. The number of hydrogen-bond donors (Lipinski definition) is 0. The maximum Gasteiger partial charge on any atom is 0.336 e. The van der Waals surface area contributed by atoms with Crippen LogP contribution in [0.4, 0.5) is 0 Å². The number of ether oxygens (including phenoxy) is 1. The van der Waals surface area contributed by atoms with E-state index in [4.69, 9.17) is 4.74 Å². The van der Waals surface area contributed by atoms with Crippen molar-refractivity contribution < 1.29 is 14.1 Å². The molecule has 94 valence electrons. The zero-order valence-corrected chi connectivity index (χ0v) is 11.6. The molecule has 0 aliphatic heterocycles. The molecule has 0 aliphatic rings. The van der Waals surface area contributed by atoms with Crippen LogP contribution in [-0.2, 0) is 14.1 Å². The molecule has 0 rings (SSSR count). The molecule has 0 N–H and O–H groups in total. The topological polar surface area (TPSA) is 43.4 Å². The van der Waals surface area contributed by atoms with Gasteiger partial charge in [-0.1, -0.05) is 37.7 Å². The van der Waals surface area contributed by atoms with Crippen molar-refractivity contribution in [1.82, 2.24) is 0 Å². The fourth-order valence-electron chi connectivity index (χ4n) is 1.43. The van der Waals surface area contributed by atoms with Crippen LogP contribution in [0.2, 0.25) is 0 Å². The van der Waals surface area contributed by atoms with E-state index in [1.165, 1.54) is 12.8 Å². The van der Waals surface area contributed by atoms with Gasteiger partial charge in [-0.3, -0.25) is 4.79 Å². The molecule has 0 aromatic rings. The summed E-state index contributed by atoms with van der Waals surface area (Å²) in [6.45, 7) is 6.45. The van der Waals surface area contributed by atoms with Gasteiger partial charge in [0, 0.05) is 0 Å². The van der Waals surface area contributed by atoms with Crippen molar-refractivity contribution in [2.45, 2.75) is 46.0 Å². The molecule has 0 aliphatic carbocycles. The quantitative estimate of drug-likeness (QED) is 0.462. The molecular formula is C12H24O3P+. The molecule has 0 aromatic carbocycles. The first-order valence-corrected chi connectivity index (χ1v) is 8.03. The summed E-state index contributed by atoms with van der Waals surface area (Å²) >= 11 is 0. The molecule has 0 saturated carbocycles. The van der Waals surface area contributed by atoms with E-state index in [1.54, 1.807) is 6.66 Å². The Hall–Kier alpha value is -0.430. The van der Waals surface area contributed by atoms with Gasteiger partial charge < -0.3 is 4.74 Å². The largest absolute Gasteiger partial charge is 0.465 e. The lowest BCUT2D eigenvalue weighted by Gasteiger charge is -2.13. The second kappa shape index (κ2) is 9.77. The molecule has 2 unspecified atom stereocenters. The van der Waals surface area contributed by atoms with Crippen LogP contribution in [0.3, 0.4) is 0 Å². The molecule has 0 radical (unpaired) electrons. The summed E-state index contributed by atoms with van der Waals surface area (Å²) in [4.78, 5) is 11.3. The van der Waals surface area contributed by atoms with Crippen LogP contribution in [-0.4, -0.2) is 25.4 Å². The van der Waals surface area contributed by atoms with E-state index < -0.39 is 7.80 Å². The minimum Gasteiger partial charge on any atom is -0.465 e.